The molecular weight excluding hydrogens is 300 g/mol. The topological polar surface area (TPSA) is 20.2 Å². The molecule has 2 heteroatoms. The molecule has 1 aromatic rings. The molecule has 1 aromatic carbocycles. The van der Waals surface area contributed by atoms with Crippen molar-refractivity contribution in [3.63, 3.8) is 0 Å². The number of hydrogen-bond donors (Lipinski definition) is 2. The maximum absolute atomic E-state index is 10.1. The van der Waals surface area contributed by atoms with Crippen molar-refractivity contribution >= 4 is 12.6 Å². The van der Waals surface area contributed by atoms with E-state index in [-0.39, 0.29) is 0 Å². The lowest BCUT2D eigenvalue weighted by molar-refractivity contribution is 0.462. The molecule has 0 aliphatic rings. The van der Waals surface area contributed by atoms with E-state index in [2.05, 4.69) is 26.5 Å². The predicted octanol–water partition coefficient (Wildman–Crippen LogP) is 7.10. The molecule has 1 N–H and O–H groups in total. The second-order valence-electron chi connectivity index (χ2n) is 6.75. The fourth-order valence-corrected chi connectivity index (χ4v) is 3.59. The van der Waals surface area contributed by atoms with Crippen molar-refractivity contribution in [1.29, 1.82) is 0 Å². The fourth-order valence-electron chi connectivity index (χ4n) is 3.18. The van der Waals surface area contributed by atoms with Crippen molar-refractivity contribution in [2.45, 2.75) is 102 Å². The number of aromatic hydroxyl groups is 1. The molecule has 23 heavy (non-hydrogen) atoms. The van der Waals surface area contributed by atoms with Crippen LogP contribution in [0.1, 0.15) is 95.6 Å². The van der Waals surface area contributed by atoms with E-state index in [9.17, 15) is 5.11 Å². The van der Waals surface area contributed by atoms with E-state index in [4.69, 9.17) is 0 Å². The van der Waals surface area contributed by atoms with E-state index in [0.717, 1.165) is 36.1 Å². The Morgan fingerprint density at radius 3 is 1.87 bits per heavy atom. The highest BCUT2D eigenvalue weighted by Crippen LogP contribution is 2.30. The van der Waals surface area contributed by atoms with Crippen molar-refractivity contribution in [2.24, 2.45) is 0 Å². The highest BCUT2D eigenvalue weighted by molar-refractivity contribution is 7.80. The Balaban J connectivity index is 2.19. The molecule has 0 atom stereocenters. The van der Waals surface area contributed by atoms with Crippen LogP contribution in [0.2, 0.25) is 0 Å². The van der Waals surface area contributed by atoms with Crippen LogP contribution in [0.4, 0.5) is 0 Å². The van der Waals surface area contributed by atoms with Gasteiger partial charge in [0.05, 0.1) is 0 Å². The summed E-state index contributed by atoms with van der Waals surface area (Å²) in [6, 6.07) is 3.86. The molecule has 1 rings (SSSR count). The van der Waals surface area contributed by atoms with Crippen molar-refractivity contribution in [1.82, 2.24) is 0 Å². The van der Waals surface area contributed by atoms with Crippen molar-refractivity contribution in [3.8, 4) is 5.75 Å². The monoisotopic (exact) mass is 336 g/mol. The average molecular weight is 337 g/mol. The Morgan fingerprint density at radius 2 is 1.30 bits per heavy atom. The fraction of sp³-hybridized carbons (Fsp3) is 0.714. The van der Waals surface area contributed by atoms with Gasteiger partial charge in [-0.05, 0) is 30.9 Å². The van der Waals surface area contributed by atoms with Crippen LogP contribution in [0.25, 0.3) is 0 Å². The molecule has 0 aliphatic carbocycles. The number of hydrogen-bond acceptors (Lipinski definition) is 2. The predicted molar refractivity (Wildman–Crippen MR) is 105 cm³/mol. The zero-order valence-electron chi connectivity index (χ0n) is 15.2. The molecule has 0 aliphatic heterocycles. The molecule has 0 saturated carbocycles. The Morgan fingerprint density at radius 1 is 0.739 bits per heavy atom. The van der Waals surface area contributed by atoms with Crippen LogP contribution in [-0.2, 0) is 12.8 Å². The van der Waals surface area contributed by atoms with E-state index in [1.165, 1.54) is 63.4 Å². The summed E-state index contributed by atoms with van der Waals surface area (Å²) in [6.45, 7) is 4.45. The average Bonchev–Trinajstić information content (AvgIpc) is 2.54. The maximum Gasteiger partial charge on any atom is 0.119 e. The number of phenols is 1. The maximum atomic E-state index is 10.1. The molecule has 0 fully saturated rings. The van der Waals surface area contributed by atoms with Gasteiger partial charge in [0.15, 0.2) is 0 Å². The normalized spacial score (nSPS) is 11.1. The summed E-state index contributed by atoms with van der Waals surface area (Å²) in [5.74, 6) is 0.422. The van der Waals surface area contributed by atoms with Gasteiger partial charge >= 0.3 is 0 Å². The first kappa shape index (κ1) is 20.4. The molecule has 0 bridgehead atoms. The minimum atomic E-state index is 0.422. The van der Waals surface area contributed by atoms with Crippen LogP contribution >= 0.6 is 12.6 Å². The van der Waals surface area contributed by atoms with Crippen LogP contribution in [0.5, 0.6) is 5.75 Å². The lowest BCUT2D eigenvalue weighted by Gasteiger charge is -2.12. The highest BCUT2D eigenvalue weighted by Gasteiger charge is 2.09. The number of thiol groups is 1. The molecule has 132 valence electrons. The lowest BCUT2D eigenvalue weighted by Crippen LogP contribution is -1.95. The standard InChI is InChI=1S/C21H36OS/c1-3-5-6-7-8-9-10-11-12-13-15-19-20(22)17-16-18(14-4-2)21(19)23/h16-17,22-23H,3-15H2,1-2H3. The van der Waals surface area contributed by atoms with Crippen molar-refractivity contribution < 1.29 is 5.11 Å². The van der Waals surface area contributed by atoms with Crippen LogP contribution in [0.15, 0.2) is 17.0 Å². The largest absolute Gasteiger partial charge is 0.508 e. The van der Waals surface area contributed by atoms with Gasteiger partial charge in [0.1, 0.15) is 5.75 Å². The Kier molecular flexibility index (Phi) is 11.3. The highest BCUT2D eigenvalue weighted by atomic mass is 32.1. The summed E-state index contributed by atoms with van der Waals surface area (Å²) in [5.41, 5.74) is 2.33. The third-order valence-electron chi connectivity index (χ3n) is 4.64. The molecule has 0 radical (unpaired) electrons. The van der Waals surface area contributed by atoms with Crippen LogP contribution in [-0.4, -0.2) is 5.11 Å². The third kappa shape index (κ3) is 8.15. The van der Waals surface area contributed by atoms with Crippen molar-refractivity contribution in [3.05, 3.63) is 23.3 Å². The van der Waals surface area contributed by atoms with Crippen LogP contribution < -0.4 is 0 Å². The Hall–Kier alpha value is -0.630. The van der Waals surface area contributed by atoms with Gasteiger partial charge in [-0.2, -0.15) is 0 Å². The first-order valence-corrected chi connectivity index (χ1v) is 10.2. The van der Waals surface area contributed by atoms with Gasteiger partial charge in [-0.15, -0.1) is 12.6 Å². The van der Waals surface area contributed by atoms with E-state index < -0.39 is 0 Å². The summed E-state index contributed by atoms with van der Waals surface area (Å²) >= 11 is 4.65. The first-order valence-electron chi connectivity index (χ1n) is 9.73. The molecule has 0 heterocycles. The number of unbranched alkanes of at least 4 members (excludes halogenated alkanes) is 9. The summed E-state index contributed by atoms with van der Waals surface area (Å²) in [4.78, 5) is 1.02. The summed E-state index contributed by atoms with van der Waals surface area (Å²) in [6.07, 6.45) is 16.6. The smallest absolute Gasteiger partial charge is 0.119 e. The van der Waals surface area contributed by atoms with Crippen molar-refractivity contribution in [2.75, 3.05) is 0 Å². The van der Waals surface area contributed by atoms with Gasteiger partial charge in [0.25, 0.3) is 0 Å². The summed E-state index contributed by atoms with van der Waals surface area (Å²) in [7, 11) is 0. The van der Waals surface area contributed by atoms with Crippen LogP contribution in [0, 0.1) is 0 Å². The van der Waals surface area contributed by atoms with Gasteiger partial charge in [0.2, 0.25) is 0 Å². The second kappa shape index (κ2) is 12.8. The zero-order chi connectivity index (χ0) is 16.9. The lowest BCUT2D eigenvalue weighted by atomic mass is 10.00. The van der Waals surface area contributed by atoms with Gasteiger partial charge in [-0.3, -0.25) is 0 Å². The third-order valence-corrected chi connectivity index (χ3v) is 5.20. The molecule has 0 unspecified atom stereocenters. The molecule has 0 spiro atoms. The minimum absolute atomic E-state index is 0.422. The molecule has 0 saturated heterocycles. The number of aryl methyl sites for hydroxylation is 1. The number of phenolic OH excluding ortho intramolecular Hbond substituents is 1. The summed E-state index contributed by atoms with van der Waals surface area (Å²) < 4.78 is 0. The van der Waals surface area contributed by atoms with Gasteiger partial charge in [-0.1, -0.05) is 84.1 Å². The zero-order valence-corrected chi connectivity index (χ0v) is 16.1. The SMILES string of the molecule is CCCCCCCCCCCCc1c(O)ccc(CCC)c1S. The van der Waals surface area contributed by atoms with E-state index in [1.807, 2.05) is 12.1 Å². The Bertz CT molecular complexity index is 428. The summed E-state index contributed by atoms with van der Waals surface area (Å²) in [5, 5.41) is 10.1. The van der Waals surface area contributed by atoms with E-state index in [0.29, 0.717) is 5.75 Å². The molecule has 0 aromatic heterocycles. The van der Waals surface area contributed by atoms with Gasteiger partial charge in [-0.25, -0.2) is 0 Å². The first-order chi connectivity index (χ1) is 11.2. The second-order valence-corrected chi connectivity index (χ2v) is 7.20. The molecule has 0 amide bonds. The van der Waals surface area contributed by atoms with E-state index >= 15 is 0 Å². The molecular formula is C21H36OS. The number of benzene rings is 1. The van der Waals surface area contributed by atoms with Gasteiger partial charge < -0.3 is 5.11 Å². The number of rotatable bonds is 13. The Labute approximate surface area is 149 Å². The quantitative estimate of drug-likeness (QED) is 0.291. The minimum Gasteiger partial charge on any atom is -0.508 e. The van der Waals surface area contributed by atoms with E-state index in [1.54, 1.807) is 0 Å². The van der Waals surface area contributed by atoms with Crippen LogP contribution in [0.3, 0.4) is 0 Å². The molecule has 1 nitrogen and oxygen atoms in total. The van der Waals surface area contributed by atoms with Gasteiger partial charge in [0, 0.05) is 10.5 Å².